The molecule has 0 radical (unpaired) electrons. The van der Waals surface area contributed by atoms with E-state index in [2.05, 4.69) is 34.7 Å². The van der Waals surface area contributed by atoms with Crippen LogP contribution >= 0.6 is 0 Å². The van der Waals surface area contributed by atoms with Crippen molar-refractivity contribution >= 4 is 11.8 Å². The highest BCUT2D eigenvalue weighted by Gasteiger charge is 2.49. The number of hydrogen-bond donors (Lipinski definition) is 2. The summed E-state index contributed by atoms with van der Waals surface area (Å²) in [5, 5.41) is 11.4. The lowest BCUT2D eigenvalue weighted by atomic mass is 10.0. The number of ether oxygens (including phenoxy) is 1. The van der Waals surface area contributed by atoms with Crippen LogP contribution in [0, 0.1) is 0 Å². The van der Waals surface area contributed by atoms with E-state index in [9.17, 15) is 4.79 Å². The molecule has 0 aliphatic heterocycles. The molecule has 34 heavy (non-hydrogen) atoms. The molecule has 7 nitrogen and oxygen atoms in total. The maximum atomic E-state index is 12.2. The molecule has 0 bridgehead atoms. The predicted molar refractivity (Wildman–Crippen MR) is 132 cm³/mol. The Morgan fingerprint density at radius 2 is 1.91 bits per heavy atom. The van der Waals surface area contributed by atoms with Gasteiger partial charge < -0.3 is 10.5 Å². The van der Waals surface area contributed by atoms with Crippen molar-refractivity contribution in [2.45, 2.75) is 37.8 Å². The van der Waals surface area contributed by atoms with Gasteiger partial charge in [-0.25, -0.2) is 9.48 Å². The smallest absolute Gasteiger partial charge is 0.411 e. The van der Waals surface area contributed by atoms with E-state index in [0.29, 0.717) is 17.3 Å². The van der Waals surface area contributed by atoms with E-state index in [1.165, 1.54) is 5.56 Å². The minimum Gasteiger partial charge on any atom is -0.444 e. The van der Waals surface area contributed by atoms with Crippen molar-refractivity contribution in [3.8, 4) is 16.9 Å². The second-order valence-corrected chi connectivity index (χ2v) is 8.75. The second kappa shape index (κ2) is 9.11. The van der Waals surface area contributed by atoms with Gasteiger partial charge in [-0.15, -0.1) is 5.10 Å². The fourth-order valence-electron chi connectivity index (χ4n) is 4.18. The number of carbonyl (C=O) groups is 1. The van der Waals surface area contributed by atoms with Crippen LogP contribution in [0.4, 0.5) is 10.5 Å². The highest BCUT2D eigenvalue weighted by molar-refractivity contribution is 5.85. The second-order valence-electron chi connectivity index (χ2n) is 8.75. The minimum absolute atomic E-state index is 0.0467. The largest absolute Gasteiger partial charge is 0.444 e. The van der Waals surface area contributed by atoms with E-state index in [-0.39, 0.29) is 12.1 Å². The Hall–Kier alpha value is -3.97. The first-order valence-electron chi connectivity index (χ1n) is 11.4. The molecule has 1 aliphatic rings. The molecule has 2 unspecified atom stereocenters. The lowest BCUT2D eigenvalue weighted by Gasteiger charge is -2.08. The lowest BCUT2D eigenvalue weighted by Crippen LogP contribution is -2.22. The summed E-state index contributed by atoms with van der Waals surface area (Å²) >= 11 is 0. The number of carbonyl (C=O) groups excluding carboxylic acids is 1. The van der Waals surface area contributed by atoms with E-state index in [4.69, 9.17) is 10.5 Å². The van der Waals surface area contributed by atoms with Gasteiger partial charge in [-0.3, -0.25) is 5.32 Å². The maximum Gasteiger partial charge on any atom is 0.411 e. The summed E-state index contributed by atoms with van der Waals surface area (Å²) in [5.74, 6) is 0.437. The highest BCUT2D eigenvalue weighted by Crippen LogP contribution is 2.51. The van der Waals surface area contributed by atoms with Gasteiger partial charge in [-0.2, -0.15) is 0 Å². The van der Waals surface area contributed by atoms with Crippen molar-refractivity contribution in [3.63, 3.8) is 0 Å². The number of nitrogens with two attached hydrogens (primary N) is 1. The quantitative estimate of drug-likeness (QED) is 0.397. The lowest BCUT2D eigenvalue weighted by molar-refractivity contribution is 0.155. The molecule has 7 heteroatoms. The molecule has 1 heterocycles. The van der Waals surface area contributed by atoms with E-state index in [0.717, 1.165) is 29.7 Å². The van der Waals surface area contributed by atoms with Crippen molar-refractivity contribution in [2.75, 3.05) is 5.32 Å². The van der Waals surface area contributed by atoms with E-state index in [1.807, 2.05) is 72.9 Å². The number of nitrogens with zero attached hydrogens (tertiary/aromatic N) is 3. The van der Waals surface area contributed by atoms with Crippen LogP contribution in [0.5, 0.6) is 0 Å². The fourth-order valence-corrected chi connectivity index (χ4v) is 4.18. The van der Waals surface area contributed by atoms with Crippen LogP contribution in [-0.2, 0) is 11.3 Å². The van der Waals surface area contributed by atoms with Gasteiger partial charge in [0.25, 0.3) is 0 Å². The molecule has 5 rings (SSSR count). The molecule has 0 spiro atoms. The molecule has 172 valence electrons. The fraction of sp³-hybridized carbons (Fsp3) is 0.222. The van der Waals surface area contributed by atoms with Gasteiger partial charge in [0, 0.05) is 22.7 Å². The summed E-state index contributed by atoms with van der Waals surface area (Å²) in [6.07, 6.45) is 3.40. The molecule has 3 N–H and O–H groups in total. The maximum absolute atomic E-state index is 12.2. The van der Waals surface area contributed by atoms with Crippen LogP contribution in [0.25, 0.3) is 16.9 Å². The molecule has 1 saturated carbocycles. The van der Waals surface area contributed by atoms with E-state index in [1.54, 1.807) is 4.68 Å². The molecule has 1 aliphatic carbocycles. The van der Waals surface area contributed by atoms with Gasteiger partial charge in [0.15, 0.2) is 0 Å². The Balaban J connectivity index is 1.24. The highest BCUT2D eigenvalue weighted by atomic mass is 16.5. The number of benzene rings is 3. The molecule has 4 aromatic rings. The molecular weight excluding hydrogens is 426 g/mol. The van der Waals surface area contributed by atoms with Gasteiger partial charge in [0.1, 0.15) is 12.3 Å². The van der Waals surface area contributed by atoms with E-state index < -0.39 is 6.09 Å². The van der Waals surface area contributed by atoms with Crippen LogP contribution in [0.1, 0.15) is 36.8 Å². The van der Waals surface area contributed by atoms with Crippen molar-refractivity contribution in [1.82, 2.24) is 15.0 Å². The molecule has 2 atom stereocenters. The third-order valence-corrected chi connectivity index (χ3v) is 6.45. The summed E-state index contributed by atoms with van der Waals surface area (Å²) in [4.78, 5) is 12.2. The van der Waals surface area contributed by atoms with Crippen LogP contribution in [0.15, 0.2) is 85.1 Å². The van der Waals surface area contributed by atoms with Gasteiger partial charge >= 0.3 is 6.09 Å². The third-order valence-electron chi connectivity index (χ3n) is 6.45. The zero-order valence-electron chi connectivity index (χ0n) is 19.0. The van der Waals surface area contributed by atoms with Crippen LogP contribution in [0.3, 0.4) is 0 Å². The van der Waals surface area contributed by atoms with Crippen molar-refractivity contribution < 1.29 is 9.53 Å². The SMILES string of the molecule is CCC1(N)CC1c1ccc(-n2cc(-c3cccc(NC(=O)OCc4ccccc4)c3)nn2)cc1. The summed E-state index contributed by atoms with van der Waals surface area (Å²) in [6.45, 7) is 2.36. The average Bonchev–Trinajstić information content (AvgIpc) is 3.32. The number of amides is 1. The number of hydrogen-bond acceptors (Lipinski definition) is 5. The van der Waals surface area contributed by atoms with Crippen LogP contribution < -0.4 is 11.1 Å². The Labute approximate surface area is 198 Å². The number of nitrogens with one attached hydrogen (secondary N) is 1. The Morgan fingerprint density at radius 1 is 1.12 bits per heavy atom. The third kappa shape index (κ3) is 4.70. The van der Waals surface area contributed by atoms with Gasteiger partial charge in [-0.1, -0.05) is 66.7 Å². The zero-order valence-corrected chi connectivity index (χ0v) is 19.0. The molecule has 1 fully saturated rings. The topological polar surface area (TPSA) is 95.1 Å². The Morgan fingerprint density at radius 3 is 2.65 bits per heavy atom. The number of aromatic nitrogens is 3. The van der Waals surface area contributed by atoms with Crippen molar-refractivity contribution in [1.29, 1.82) is 0 Å². The molecule has 3 aromatic carbocycles. The van der Waals surface area contributed by atoms with Gasteiger partial charge in [-0.05, 0) is 48.2 Å². The summed E-state index contributed by atoms with van der Waals surface area (Å²) in [6, 6.07) is 25.3. The molecule has 1 amide bonds. The molecule has 0 saturated heterocycles. The first-order valence-corrected chi connectivity index (χ1v) is 11.4. The Bertz CT molecular complexity index is 1290. The van der Waals surface area contributed by atoms with E-state index >= 15 is 0 Å². The predicted octanol–water partition coefficient (Wildman–Crippen LogP) is 5.28. The average molecular weight is 454 g/mol. The summed E-state index contributed by atoms with van der Waals surface area (Å²) in [5.41, 5.74) is 11.6. The van der Waals surface area contributed by atoms with Crippen LogP contribution in [-0.4, -0.2) is 26.6 Å². The Kier molecular flexibility index (Phi) is 5.86. The molecule has 1 aromatic heterocycles. The van der Waals surface area contributed by atoms with Gasteiger partial charge in [0.05, 0.1) is 11.9 Å². The minimum atomic E-state index is -0.509. The van der Waals surface area contributed by atoms with Crippen LogP contribution in [0.2, 0.25) is 0 Å². The first kappa shape index (κ1) is 21.9. The summed E-state index contributed by atoms with van der Waals surface area (Å²) < 4.78 is 7.05. The van der Waals surface area contributed by atoms with Crippen molar-refractivity contribution in [3.05, 3.63) is 96.2 Å². The number of rotatable bonds is 7. The zero-order chi connectivity index (χ0) is 23.5. The first-order chi connectivity index (χ1) is 16.5. The standard InChI is InChI=1S/C27H27N5O2/c1-2-27(28)16-24(27)20-11-13-23(14-12-20)32-17-25(30-31-32)21-9-6-10-22(15-21)29-26(33)34-18-19-7-4-3-5-8-19/h3-15,17,24H,2,16,18,28H2,1H3,(H,29,33). The summed E-state index contributed by atoms with van der Waals surface area (Å²) in [7, 11) is 0. The van der Waals surface area contributed by atoms with Gasteiger partial charge in [0.2, 0.25) is 0 Å². The number of anilines is 1. The monoisotopic (exact) mass is 453 g/mol. The van der Waals surface area contributed by atoms with Crippen molar-refractivity contribution in [2.24, 2.45) is 5.73 Å². The molecular formula is C27H27N5O2. The normalized spacial score (nSPS) is 18.9.